The van der Waals surface area contributed by atoms with Crippen molar-refractivity contribution < 1.29 is 18.7 Å². The zero-order valence-corrected chi connectivity index (χ0v) is 20.2. The van der Waals surface area contributed by atoms with Gasteiger partial charge in [-0.15, -0.1) is 0 Å². The SMILES string of the molecule is CCOc1ccccc1CN1C(=O)c2cc3occc3n2C[C@]1(C)C(=O)N[C@@H]1CCCC[C@H]1C. The number of ether oxygens (including phenoxy) is 1. The van der Waals surface area contributed by atoms with Crippen molar-refractivity contribution in [2.45, 2.75) is 71.1 Å². The maximum Gasteiger partial charge on any atom is 0.271 e. The van der Waals surface area contributed by atoms with E-state index in [1.165, 1.54) is 6.42 Å². The average molecular weight is 464 g/mol. The number of para-hydroxylation sites is 1. The summed E-state index contributed by atoms with van der Waals surface area (Å²) in [5.74, 6) is 0.870. The minimum Gasteiger partial charge on any atom is -0.494 e. The number of carbonyl (C=O) groups excluding carboxylic acids is 2. The maximum absolute atomic E-state index is 13.9. The van der Waals surface area contributed by atoms with E-state index in [9.17, 15) is 9.59 Å². The number of amides is 2. The van der Waals surface area contributed by atoms with Gasteiger partial charge in [-0.25, -0.2) is 0 Å². The fraction of sp³-hybridized carbons (Fsp3) is 0.481. The first kappa shape index (κ1) is 22.6. The molecule has 1 aliphatic carbocycles. The molecular weight excluding hydrogens is 430 g/mol. The lowest BCUT2D eigenvalue weighted by Gasteiger charge is -2.45. The molecule has 7 heteroatoms. The molecule has 3 atom stereocenters. The van der Waals surface area contributed by atoms with Crippen LogP contribution >= 0.6 is 0 Å². The molecule has 0 saturated heterocycles. The summed E-state index contributed by atoms with van der Waals surface area (Å²) >= 11 is 0. The monoisotopic (exact) mass is 463 g/mol. The van der Waals surface area contributed by atoms with Gasteiger partial charge in [0.2, 0.25) is 5.91 Å². The van der Waals surface area contributed by atoms with Crippen molar-refractivity contribution in [2.75, 3.05) is 6.61 Å². The van der Waals surface area contributed by atoms with Gasteiger partial charge in [-0.05, 0) is 38.7 Å². The number of nitrogens with one attached hydrogen (secondary N) is 1. The standard InChI is InChI=1S/C27H33N3O4/c1-4-33-23-12-8-6-10-19(23)16-30-25(31)22-15-24-21(13-14-34-24)29(22)17-27(30,3)26(32)28-20-11-7-5-9-18(20)2/h6,8,10,12-15,18,20H,4-5,7,9,11,16-17H2,1-3H3,(H,28,32)/t18-,20-,27-/m1/s1. The highest BCUT2D eigenvalue weighted by molar-refractivity contribution is 6.03. The van der Waals surface area contributed by atoms with E-state index in [0.717, 1.165) is 36.1 Å². The summed E-state index contributed by atoms with van der Waals surface area (Å²) in [6, 6.07) is 11.5. The second-order valence-electron chi connectivity index (χ2n) is 9.83. The fourth-order valence-electron chi connectivity index (χ4n) is 5.48. The highest BCUT2D eigenvalue weighted by Crippen LogP contribution is 2.35. The molecule has 7 nitrogen and oxygen atoms in total. The molecule has 1 fully saturated rings. The third kappa shape index (κ3) is 3.77. The van der Waals surface area contributed by atoms with Crippen molar-refractivity contribution in [3.8, 4) is 5.75 Å². The number of furan rings is 1. The third-order valence-electron chi connectivity index (χ3n) is 7.57. The van der Waals surface area contributed by atoms with E-state index in [-0.39, 0.29) is 24.4 Å². The number of carbonyl (C=O) groups is 2. The Bertz CT molecular complexity index is 1210. The van der Waals surface area contributed by atoms with E-state index in [4.69, 9.17) is 9.15 Å². The molecule has 3 aromatic rings. The van der Waals surface area contributed by atoms with Gasteiger partial charge in [0.1, 0.15) is 17.0 Å². The van der Waals surface area contributed by atoms with Gasteiger partial charge in [-0.1, -0.05) is 38.0 Å². The van der Waals surface area contributed by atoms with E-state index in [1.807, 2.05) is 48.7 Å². The minimum atomic E-state index is -1.07. The van der Waals surface area contributed by atoms with Crippen molar-refractivity contribution >= 4 is 22.9 Å². The van der Waals surface area contributed by atoms with Crippen LogP contribution in [0, 0.1) is 5.92 Å². The molecule has 0 unspecified atom stereocenters. The Balaban J connectivity index is 1.54. The summed E-state index contributed by atoms with van der Waals surface area (Å²) in [6.07, 6.45) is 6.03. The van der Waals surface area contributed by atoms with Crippen LogP contribution in [0.2, 0.25) is 0 Å². The lowest BCUT2D eigenvalue weighted by atomic mass is 9.85. The van der Waals surface area contributed by atoms with Crippen LogP contribution in [0.4, 0.5) is 0 Å². The van der Waals surface area contributed by atoms with E-state index in [2.05, 4.69) is 12.2 Å². The predicted molar refractivity (Wildman–Crippen MR) is 130 cm³/mol. The van der Waals surface area contributed by atoms with Gasteiger partial charge in [0.25, 0.3) is 5.91 Å². The van der Waals surface area contributed by atoms with Crippen LogP contribution in [0.5, 0.6) is 5.75 Å². The van der Waals surface area contributed by atoms with Crippen LogP contribution < -0.4 is 10.1 Å². The zero-order valence-electron chi connectivity index (χ0n) is 20.2. The lowest BCUT2D eigenvalue weighted by Crippen LogP contribution is -2.65. The van der Waals surface area contributed by atoms with Gasteiger partial charge in [-0.3, -0.25) is 9.59 Å². The number of fused-ring (bicyclic) bond motifs is 3. The van der Waals surface area contributed by atoms with Gasteiger partial charge in [0, 0.05) is 23.7 Å². The van der Waals surface area contributed by atoms with E-state index in [0.29, 0.717) is 30.3 Å². The topological polar surface area (TPSA) is 76.7 Å². The molecule has 0 spiro atoms. The molecule has 2 aliphatic rings. The lowest BCUT2D eigenvalue weighted by molar-refractivity contribution is -0.134. The summed E-state index contributed by atoms with van der Waals surface area (Å²) < 4.78 is 13.3. The molecule has 34 heavy (non-hydrogen) atoms. The molecule has 2 aromatic heterocycles. The van der Waals surface area contributed by atoms with E-state index in [1.54, 1.807) is 17.2 Å². The van der Waals surface area contributed by atoms with Crippen molar-refractivity contribution in [2.24, 2.45) is 5.92 Å². The number of aromatic nitrogens is 1. The molecular formula is C27H33N3O4. The molecule has 1 N–H and O–H groups in total. The summed E-state index contributed by atoms with van der Waals surface area (Å²) in [7, 11) is 0. The minimum absolute atomic E-state index is 0.107. The number of nitrogens with zero attached hydrogens (tertiary/aromatic N) is 2. The fourth-order valence-corrected chi connectivity index (χ4v) is 5.48. The predicted octanol–water partition coefficient (Wildman–Crippen LogP) is 4.74. The number of hydrogen-bond acceptors (Lipinski definition) is 4. The average Bonchev–Trinajstić information content (AvgIpc) is 3.42. The quantitative estimate of drug-likeness (QED) is 0.573. The number of hydrogen-bond donors (Lipinski definition) is 1. The van der Waals surface area contributed by atoms with E-state index < -0.39 is 5.54 Å². The second kappa shape index (κ2) is 8.85. The van der Waals surface area contributed by atoms with Gasteiger partial charge in [-0.2, -0.15) is 0 Å². The normalized spacial score (nSPS) is 24.8. The maximum atomic E-state index is 13.9. The Kier molecular flexibility index (Phi) is 5.88. The molecule has 2 amide bonds. The van der Waals surface area contributed by atoms with Crippen molar-refractivity contribution in [1.29, 1.82) is 0 Å². The van der Waals surface area contributed by atoms with Crippen molar-refractivity contribution in [1.82, 2.24) is 14.8 Å². The smallest absolute Gasteiger partial charge is 0.271 e. The Morgan fingerprint density at radius 1 is 1.24 bits per heavy atom. The molecule has 3 heterocycles. The summed E-state index contributed by atoms with van der Waals surface area (Å²) in [5, 5.41) is 3.32. The Hall–Kier alpha value is -3.22. The molecule has 1 saturated carbocycles. The largest absolute Gasteiger partial charge is 0.494 e. The molecule has 0 bridgehead atoms. The van der Waals surface area contributed by atoms with Gasteiger partial charge in [0.15, 0.2) is 5.58 Å². The molecule has 5 rings (SSSR count). The third-order valence-corrected chi connectivity index (χ3v) is 7.57. The molecule has 180 valence electrons. The van der Waals surface area contributed by atoms with E-state index >= 15 is 0 Å². The van der Waals surface area contributed by atoms with Crippen LogP contribution in [0.15, 0.2) is 47.1 Å². The molecule has 1 aliphatic heterocycles. The first-order valence-corrected chi connectivity index (χ1v) is 12.3. The van der Waals surface area contributed by atoms with Crippen LogP contribution in [0.3, 0.4) is 0 Å². The number of benzene rings is 1. The summed E-state index contributed by atoms with van der Waals surface area (Å²) in [4.78, 5) is 29.5. The van der Waals surface area contributed by atoms with Crippen molar-refractivity contribution in [3.05, 3.63) is 53.9 Å². The summed E-state index contributed by atoms with van der Waals surface area (Å²) in [6.45, 7) is 7.20. The van der Waals surface area contributed by atoms with Gasteiger partial charge >= 0.3 is 0 Å². The zero-order chi connectivity index (χ0) is 23.9. The Labute approximate surface area is 200 Å². The van der Waals surface area contributed by atoms with Crippen molar-refractivity contribution in [3.63, 3.8) is 0 Å². The van der Waals surface area contributed by atoms with Crippen LogP contribution in [0.1, 0.15) is 62.5 Å². The summed E-state index contributed by atoms with van der Waals surface area (Å²) in [5.41, 5.74) is 1.85. The van der Waals surface area contributed by atoms with Gasteiger partial charge in [0.05, 0.1) is 31.5 Å². The Morgan fingerprint density at radius 2 is 2.03 bits per heavy atom. The van der Waals surface area contributed by atoms with Crippen LogP contribution in [-0.2, 0) is 17.9 Å². The highest BCUT2D eigenvalue weighted by Gasteiger charge is 2.48. The first-order valence-electron chi connectivity index (χ1n) is 12.3. The van der Waals surface area contributed by atoms with Gasteiger partial charge < -0.3 is 23.9 Å². The molecule has 1 aromatic carbocycles. The second-order valence-corrected chi connectivity index (χ2v) is 9.83. The Morgan fingerprint density at radius 3 is 2.82 bits per heavy atom. The molecule has 0 radical (unpaired) electrons. The van der Waals surface area contributed by atoms with Crippen LogP contribution in [-0.4, -0.2) is 39.5 Å². The van der Waals surface area contributed by atoms with Crippen LogP contribution in [0.25, 0.3) is 11.1 Å². The highest BCUT2D eigenvalue weighted by atomic mass is 16.5. The first-order chi connectivity index (χ1) is 16.4. The number of rotatable bonds is 6.